The molecule has 0 aliphatic rings. The van der Waals surface area contributed by atoms with E-state index in [2.05, 4.69) is 31.0 Å². The predicted octanol–water partition coefficient (Wildman–Crippen LogP) is 5.09. The van der Waals surface area contributed by atoms with E-state index in [1.807, 2.05) is 13.8 Å². The van der Waals surface area contributed by atoms with Gasteiger partial charge in [-0.15, -0.1) is 20.4 Å². The summed E-state index contributed by atoms with van der Waals surface area (Å²) in [6.07, 6.45) is 5.34. The normalized spacial score (nSPS) is 11.0. The summed E-state index contributed by atoms with van der Waals surface area (Å²) in [7, 11) is 0. The third kappa shape index (κ3) is 11.9. The summed E-state index contributed by atoms with van der Waals surface area (Å²) in [6.45, 7) is 7.62. The number of carbonyl (C=O) groups is 4. The molecule has 0 bridgehead atoms. The molecule has 4 rings (SSSR count). The minimum absolute atomic E-state index is 0.113. The highest BCUT2D eigenvalue weighted by Gasteiger charge is 2.14. The Balaban J connectivity index is 1.29. The average Bonchev–Trinajstić information content (AvgIpc) is 3.70. The fourth-order valence-corrected chi connectivity index (χ4v) is 5.15. The topological polar surface area (TPSA) is 181 Å². The lowest BCUT2D eigenvalue weighted by Crippen LogP contribution is -2.19. The molecule has 2 aromatic heterocycles. The molecule has 256 valence electrons. The molecule has 16 heteroatoms. The first-order chi connectivity index (χ1) is 23.6. The molecule has 0 amide bonds. The Morgan fingerprint density at radius 3 is 1.45 bits per heavy atom. The minimum atomic E-state index is -0.545. The number of allylic oxidation sites excluding steroid dienone is 2. The van der Waals surface area contributed by atoms with Crippen LogP contribution in [0.25, 0.3) is 12.2 Å². The monoisotopic (exact) mass is 706 g/mol. The second-order valence-corrected chi connectivity index (χ2v) is 12.3. The van der Waals surface area contributed by atoms with E-state index >= 15 is 0 Å². The standard InChI is InChI=1S/C33H34N6O8S2/c1-5-44-28-15-22(9-13-26(28)46-30(42)18-34-32-38-36-20(3)48-32)7-11-24(40)17-25(41)12-8-23-10-14-27(29(16-23)45-6-2)47-31(43)19-35-33-39-37-21(4)49-33/h7-16H,5-6,17-19H2,1-4H3,(H,34,38)(H,35,39)/b11-7+,12-8+. The number of hydrogen-bond acceptors (Lipinski definition) is 16. The summed E-state index contributed by atoms with van der Waals surface area (Å²) in [6, 6.07) is 9.71. The van der Waals surface area contributed by atoms with Gasteiger partial charge in [0.1, 0.15) is 23.1 Å². The van der Waals surface area contributed by atoms with Crippen molar-refractivity contribution in [3.8, 4) is 23.0 Å². The average molecular weight is 707 g/mol. The number of hydrogen-bond donors (Lipinski definition) is 2. The lowest BCUT2D eigenvalue weighted by atomic mass is 10.1. The SMILES string of the molecule is CCOc1cc(/C=C/C(=O)CC(=O)/C=C/c2ccc(OC(=O)CNc3nnc(C)s3)c(OCC)c2)ccc1OC(=O)CNc1nnc(C)s1. The fourth-order valence-electron chi connectivity index (χ4n) is 3.98. The van der Waals surface area contributed by atoms with Crippen molar-refractivity contribution in [1.29, 1.82) is 0 Å². The molecular weight excluding hydrogens is 673 g/mol. The Morgan fingerprint density at radius 1 is 0.653 bits per heavy atom. The molecule has 2 N–H and O–H groups in total. The van der Waals surface area contributed by atoms with Crippen molar-refractivity contribution in [3.63, 3.8) is 0 Å². The van der Waals surface area contributed by atoms with E-state index in [1.165, 1.54) is 34.8 Å². The van der Waals surface area contributed by atoms with Gasteiger partial charge in [0.15, 0.2) is 34.6 Å². The molecule has 0 unspecified atom stereocenters. The van der Waals surface area contributed by atoms with Gasteiger partial charge < -0.3 is 29.6 Å². The predicted molar refractivity (Wildman–Crippen MR) is 185 cm³/mol. The van der Waals surface area contributed by atoms with E-state index in [0.717, 1.165) is 10.0 Å². The molecule has 2 aromatic carbocycles. The molecule has 0 saturated carbocycles. The molecule has 0 atom stereocenters. The largest absolute Gasteiger partial charge is 0.490 e. The lowest BCUT2D eigenvalue weighted by molar-refractivity contribution is -0.133. The molecule has 0 spiro atoms. The number of ether oxygens (including phenoxy) is 4. The van der Waals surface area contributed by atoms with Crippen molar-refractivity contribution < 1.29 is 38.1 Å². The highest BCUT2D eigenvalue weighted by Crippen LogP contribution is 2.30. The van der Waals surface area contributed by atoms with Crippen molar-refractivity contribution in [2.45, 2.75) is 34.1 Å². The lowest BCUT2D eigenvalue weighted by Gasteiger charge is -2.11. The van der Waals surface area contributed by atoms with Crippen molar-refractivity contribution in [2.75, 3.05) is 36.9 Å². The third-order valence-corrected chi connectivity index (χ3v) is 7.67. The molecule has 4 aromatic rings. The van der Waals surface area contributed by atoms with Gasteiger partial charge in [-0.25, -0.2) is 9.59 Å². The summed E-state index contributed by atoms with van der Waals surface area (Å²) < 4.78 is 22.1. The Bertz CT molecular complexity index is 1720. The van der Waals surface area contributed by atoms with Crippen LogP contribution in [-0.2, 0) is 19.2 Å². The first-order valence-electron chi connectivity index (χ1n) is 15.1. The maximum Gasteiger partial charge on any atom is 0.330 e. The van der Waals surface area contributed by atoms with E-state index in [-0.39, 0.29) is 31.0 Å². The van der Waals surface area contributed by atoms with Crippen LogP contribution in [0.2, 0.25) is 0 Å². The van der Waals surface area contributed by atoms with Crippen molar-refractivity contribution in [1.82, 2.24) is 20.4 Å². The van der Waals surface area contributed by atoms with Gasteiger partial charge in [0.25, 0.3) is 0 Å². The summed E-state index contributed by atoms with van der Waals surface area (Å²) in [5, 5.41) is 23.9. The Morgan fingerprint density at radius 2 is 1.08 bits per heavy atom. The van der Waals surface area contributed by atoms with Gasteiger partial charge in [-0.05, 0) is 75.2 Å². The van der Waals surface area contributed by atoms with Gasteiger partial charge in [0, 0.05) is 0 Å². The zero-order chi connectivity index (χ0) is 35.2. The number of esters is 2. The van der Waals surface area contributed by atoms with Gasteiger partial charge in [0.05, 0.1) is 19.6 Å². The third-order valence-electron chi connectivity index (χ3n) is 6.07. The van der Waals surface area contributed by atoms with Crippen molar-refractivity contribution in [2.24, 2.45) is 0 Å². The Kier molecular flexibility index (Phi) is 13.5. The fraction of sp³-hybridized carbons (Fsp3) is 0.273. The number of carbonyl (C=O) groups excluding carboxylic acids is 4. The molecule has 0 saturated heterocycles. The second kappa shape index (κ2) is 18.2. The van der Waals surface area contributed by atoms with E-state index in [9.17, 15) is 19.2 Å². The maximum atomic E-state index is 12.5. The first-order valence-corrected chi connectivity index (χ1v) is 16.7. The van der Waals surface area contributed by atoms with Gasteiger partial charge >= 0.3 is 11.9 Å². The van der Waals surface area contributed by atoms with Crippen LogP contribution in [-0.4, -0.2) is 70.2 Å². The van der Waals surface area contributed by atoms with Crippen LogP contribution < -0.4 is 29.6 Å². The van der Waals surface area contributed by atoms with Gasteiger partial charge in [-0.3, -0.25) is 9.59 Å². The van der Waals surface area contributed by atoms with Crippen LogP contribution in [0.15, 0.2) is 48.6 Å². The van der Waals surface area contributed by atoms with Crippen molar-refractivity contribution in [3.05, 3.63) is 69.7 Å². The summed E-state index contributed by atoms with van der Waals surface area (Å²) in [4.78, 5) is 49.8. The van der Waals surface area contributed by atoms with E-state index < -0.39 is 23.5 Å². The second-order valence-electron chi connectivity index (χ2n) is 9.96. The summed E-state index contributed by atoms with van der Waals surface area (Å²) in [5.41, 5.74) is 1.22. The van der Waals surface area contributed by atoms with E-state index in [1.54, 1.807) is 62.4 Å². The van der Waals surface area contributed by atoms with Crippen LogP contribution in [0, 0.1) is 13.8 Å². The smallest absolute Gasteiger partial charge is 0.330 e. The minimum Gasteiger partial charge on any atom is -0.490 e. The molecule has 14 nitrogen and oxygen atoms in total. The zero-order valence-corrected chi connectivity index (χ0v) is 28.8. The number of nitrogens with one attached hydrogen (secondary N) is 2. The molecule has 49 heavy (non-hydrogen) atoms. The quantitative estimate of drug-likeness (QED) is 0.0604. The number of anilines is 2. The molecule has 2 heterocycles. The molecule has 0 aliphatic carbocycles. The van der Waals surface area contributed by atoms with Gasteiger partial charge in [-0.2, -0.15) is 0 Å². The number of aromatic nitrogens is 4. The number of benzene rings is 2. The van der Waals surface area contributed by atoms with Crippen LogP contribution in [0.3, 0.4) is 0 Å². The van der Waals surface area contributed by atoms with Gasteiger partial charge in [0.2, 0.25) is 10.3 Å². The number of nitrogens with zero attached hydrogens (tertiary/aromatic N) is 4. The Labute approximate surface area is 290 Å². The van der Waals surface area contributed by atoms with Crippen LogP contribution in [0.1, 0.15) is 41.4 Å². The molecule has 0 radical (unpaired) electrons. The number of ketones is 2. The van der Waals surface area contributed by atoms with E-state index in [0.29, 0.717) is 46.1 Å². The summed E-state index contributed by atoms with van der Waals surface area (Å²) >= 11 is 2.64. The molecule has 0 fully saturated rings. The summed E-state index contributed by atoms with van der Waals surface area (Å²) in [5.74, 6) is -0.812. The molecular formula is C33H34N6O8S2. The van der Waals surface area contributed by atoms with Crippen molar-refractivity contribution >= 4 is 68.6 Å². The number of rotatable bonds is 18. The highest BCUT2D eigenvalue weighted by atomic mass is 32.1. The van der Waals surface area contributed by atoms with Crippen LogP contribution >= 0.6 is 22.7 Å². The van der Waals surface area contributed by atoms with Gasteiger partial charge in [-0.1, -0.05) is 47.0 Å². The zero-order valence-electron chi connectivity index (χ0n) is 27.2. The molecule has 0 aliphatic heterocycles. The highest BCUT2D eigenvalue weighted by molar-refractivity contribution is 7.15. The Hall–Kier alpha value is -5.48. The first kappa shape index (κ1) is 36.4. The van der Waals surface area contributed by atoms with Crippen LogP contribution in [0.4, 0.5) is 10.3 Å². The van der Waals surface area contributed by atoms with E-state index in [4.69, 9.17) is 18.9 Å². The van der Waals surface area contributed by atoms with Crippen LogP contribution in [0.5, 0.6) is 23.0 Å². The number of aryl methyl sites for hydroxylation is 2. The maximum absolute atomic E-state index is 12.5.